The molecule has 0 aliphatic rings. The van der Waals surface area contributed by atoms with Crippen molar-refractivity contribution in [3.63, 3.8) is 0 Å². The van der Waals surface area contributed by atoms with Gasteiger partial charge in [0.2, 0.25) is 10.0 Å². The third-order valence-corrected chi connectivity index (χ3v) is 7.07. The molecule has 2 amide bonds. The van der Waals surface area contributed by atoms with Gasteiger partial charge in [-0.25, -0.2) is 13.1 Å². The molecule has 2 aromatic carbocycles. The Morgan fingerprint density at radius 2 is 1.36 bits per heavy atom. The predicted octanol–water partition coefficient (Wildman–Crippen LogP) is 3.44. The van der Waals surface area contributed by atoms with Gasteiger partial charge in [0.15, 0.2) is 0 Å². The summed E-state index contributed by atoms with van der Waals surface area (Å²) in [7, 11) is -3.38. The topological polar surface area (TPSA) is 104 Å². The van der Waals surface area contributed by atoms with Crippen molar-refractivity contribution >= 4 is 33.2 Å². The minimum atomic E-state index is -3.38. The summed E-state index contributed by atoms with van der Waals surface area (Å²) in [6, 6.07) is 17.6. The van der Waals surface area contributed by atoms with Crippen molar-refractivity contribution in [2.45, 2.75) is 38.7 Å². The minimum absolute atomic E-state index is 0.0854. The Labute approximate surface area is 198 Å². The van der Waals surface area contributed by atoms with Gasteiger partial charge in [0.25, 0.3) is 11.8 Å². The smallest absolute Gasteiger partial charge is 0.261 e. The maximum absolute atomic E-state index is 12.4. The molecule has 7 nitrogen and oxygen atoms in total. The van der Waals surface area contributed by atoms with Gasteiger partial charge in [0.05, 0.1) is 10.6 Å². The molecule has 0 spiro atoms. The summed E-state index contributed by atoms with van der Waals surface area (Å²) in [6.45, 7) is 4.27. The number of hydrogen-bond donors (Lipinski definition) is 3. The Kier molecular flexibility index (Phi) is 8.37. The SMILES string of the molecule is CC(C)NS(=O)(=O)Cc1ccc(CNC(=O)c2ccc(CNC(=O)c3cccs3)cc2)cc1. The van der Waals surface area contributed by atoms with Crippen LogP contribution in [0.4, 0.5) is 0 Å². The van der Waals surface area contributed by atoms with Crippen molar-refractivity contribution in [3.8, 4) is 0 Å². The fraction of sp³-hybridized carbons (Fsp3) is 0.250. The first-order chi connectivity index (χ1) is 15.7. The summed E-state index contributed by atoms with van der Waals surface area (Å²) >= 11 is 1.39. The highest BCUT2D eigenvalue weighted by atomic mass is 32.2. The molecule has 0 bridgehead atoms. The van der Waals surface area contributed by atoms with Crippen molar-refractivity contribution in [2.75, 3.05) is 0 Å². The molecule has 0 aliphatic carbocycles. The molecule has 3 N–H and O–H groups in total. The summed E-state index contributed by atoms with van der Waals surface area (Å²) in [5.74, 6) is -0.415. The second kappa shape index (κ2) is 11.2. The van der Waals surface area contributed by atoms with Crippen LogP contribution >= 0.6 is 11.3 Å². The average molecular weight is 486 g/mol. The Bertz CT molecular complexity index is 1170. The second-order valence-corrected chi connectivity index (χ2v) is 10.6. The molecule has 0 aliphatic heterocycles. The summed E-state index contributed by atoms with van der Waals surface area (Å²) in [5, 5.41) is 7.57. The fourth-order valence-corrected chi connectivity index (χ4v) is 5.18. The van der Waals surface area contributed by atoms with E-state index in [0.717, 1.165) is 11.1 Å². The molecule has 0 fully saturated rings. The molecule has 9 heteroatoms. The first-order valence-electron chi connectivity index (χ1n) is 10.5. The van der Waals surface area contributed by atoms with Crippen LogP contribution in [0.15, 0.2) is 66.0 Å². The van der Waals surface area contributed by atoms with E-state index in [9.17, 15) is 18.0 Å². The highest BCUT2D eigenvalue weighted by molar-refractivity contribution is 7.88. The van der Waals surface area contributed by atoms with Gasteiger partial charge in [0, 0.05) is 24.7 Å². The molecule has 3 aromatic rings. The third kappa shape index (κ3) is 7.81. The van der Waals surface area contributed by atoms with Crippen molar-refractivity contribution in [1.82, 2.24) is 15.4 Å². The molecule has 0 saturated heterocycles. The van der Waals surface area contributed by atoms with Crippen LogP contribution in [0.2, 0.25) is 0 Å². The summed E-state index contributed by atoms with van der Waals surface area (Å²) in [5.41, 5.74) is 2.97. The van der Waals surface area contributed by atoms with E-state index in [1.165, 1.54) is 11.3 Å². The first kappa shape index (κ1) is 24.6. The average Bonchev–Trinajstić information content (AvgIpc) is 3.31. The lowest BCUT2D eigenvalue weighted by atomic mass is 10.1. The van der Waals surface area contributed by atoms with E-state index in [1.54, 1.807) is 56.3 Å². The number of hydrogen-bond acceptors (Lipinski definition) is 5. The molecule has 174 valence electrons. The van der Waals surface area contributed by atoms with E-state index >= 15 is 0 Å². The quantitative estimate of drug-likeness (QED) is 0.409. The van der Waals surface area contributed by atoms with Gasteiger partial charge in [-0.2, -0.15) is 0 Å². The van der Waals surface area contributed by atoms with E-state index in [4.69, 9.17) is 0 Å². The summed E-state index contributed by atoms with van der Waals surface area (Å²) in [4.78, 5) is 25.1. The third-order valence-electron chi connectivity index (χ3n) is 4.66. The van der Waals surface area contributed by atoms with Crippen LogP contribution in [-0.4, -0.2) is 26.3 Å². The van der Waals surface area contributed by atoms with Gasteiger partial charge < -0.3 is 10.6 Å². The highest BCUT2D eigenvalue weighted by Crippen LogP contribution is 2.11. The second-order valence-electron chi connectivity index (χ2n) is 7.89. The molecular weight excluding hydrogens is 458 g/mol. The molecule has 1 aromatic heterocycles. The number of sulfonamides is 1. The standard InChI is InChI=1S/C24H27N3O4S2/c1-17(2)27-33(30,31)16-20-7-5-18(6-8-20)14-25-23(28)21-11-9-19(10-12-21)15-26-24(29)22-4-3-13-32-22/h3-13,17,27H,14-16H2,1-2H3,(H,25,28)(H,26,29). The number of rotatable bonds is 10. The monoisotopic (exact) mass is 485 g/mol. The Morgan fingerprint density at radius 1 is 0.818 bits per heavy atom. The van der Waals surface area contributed by atoms with Gasteiger partial charge in [-0.1, -0.05) is 42.5 Å². The highest BCUT2D eigenvalue weighted by Gasteiger charge is 2.13. The fourth-order valence-electron chi connectivity index (χ4n) is 3.11. The Balaban J connectivity index is 1.47. The van der Waals surface area contributed by atoms with E-state index < -0.39 is 10.0 Å². The predicted molar refractivity (Wildman–Crippen MR) is 130 cm³/mol. The number of amides is 2. The Morgan fingerprint density at radius 3 is 1.91 bits per heavy atom. The number of thiophene rings is 1. The van der Waals surface area contributed by atoms with Crippen molar-refractivity contribution in [2.24, 2.45) is 0 Å². The molecule has 0 unspecified atom stereocenters. The van der Waals surface area contributed by atoms with Crippen LogP contribution in [0.5, 0.6) is 0 Å². The van der Waals surface area contributed by atoms with E-state index in [1.807, 2.05) is 23.6 Å². The molecule has 3 rings (SSSR count). The van der Waals surface area contributed by atoms with E-state index in [2.05, 4.69) is 15.4 Å². The zero-order chi connectivity index (χ0) is 23.8. The van der Waals surface area contributed by atoms with Crippen LogP contribution in [0, 0.1) is 0 Å². The number of nitrogens with one attached hydrogen (secondary N) is 3. The normalized spacial score (nSPS) is 11.4. The van der Waals surface area contributed by atoms with Crippen LogP contribution in [-0.2, 0) is 28.9 Å². The molecule has 0 radical (unpaired) electrons. The minimum Gasteiger partial charge on any atom is -0.348 e. The van der Waals surface area contributed by atoms with Crippen molar-refractivity contribution < 1.29 is 18.0 Å². The van der Waals surface area contributed by atoms with Crippen LogP contribution in [0.1, 0.15) is 50.6 Å². The van der Waals surface area contributed by atoms with E-state index in [-0.39, 0.29) is 23.6 Å². The molecule has 0 saturated carbocycles. The summed E-state index contributed by atoms with van der Waals surface area (Å²) < 4.78 is 26.6. The van der Waals surface area contributed by atoms with Gasteiger partial charge >= 0.3 is 0 Å². The van der Waals surface area contributed by atoms with Gasteiger partial charge in [-0.05, 0) is 54.1 Å². The lowest BCUT2D eigenvalue weighted by Gasteiger charge is -2.10. The molecule has 0 atom stereocenters. The maximum Gasteiger partial charge on any atom is 0.261 e. The van der Waals surface area contributed by atoms with Crippen LogP contribution in [0.25, 0.3) is 0 Å². The van der Waals surface area contributed by atoms with Gasteiger partial charge in [-0.3, -0.25) is 9.59 Å². The largest absolute Gasteiger partial charge is 0.348 e. The van der Waals surface area contributed by atoms with Gasteiger partial charge in [-0.15, -0.1) is 11.3 Å². The van der Waals surface area contributed by atoms with E-state index in [0.29, 0.717) is 29.1 Å². The number of carbonyl (C=O) groups is 2. The maximum atomic E-state index is 12.4. The van der Waals surface area contributed by atoms with Crippen molar-refractivity contribution in [1.29, 1.82) is 0 Å². The molecule has 1 heterocycles. The Hall–Kier alpha value is -3.01. The lowest BCUT2D eigenvalue weighted by Crippen LogP contribution is -2.31. The molecular formula is C24H27N3O4S2. The van der Waals surface area contributed by atoms with Crippen molar-refractivity contribution in [3.05, 3.63) is 93.2 Å². The summed E-state index contributed by atoms with van der Waals surface area (Å²) in [6.07, 6.45) is 0. The van der Waals surface area contributed by atoms with Crippen LogP contribution < -0.4 is 15.4 Å². The number of benzene rings is 2. The lowest BCUT2D eigenvalue weighted by molar-refractivity contribution is 0.0943. The van der Waals surface area contributed by atoms with Gasteiger partial charge in [0.1, 0.15) is 0 Å². The first-order valence-corrected chi connectivity index (χ1v) is 13.0. The zero-order valence-electron chi connectivity index (χ0n) is 18.5. The number of carbonyl (C=O) groups excluding carboxylic acids is 2. The molecule has 33 heavy (non-hydrogen) atoms. The zero-order valence-corrected chi connectivity index (χ0v) is 20.1. The van der Waals surface area contributed by atoms with Crippen LogP contribution in [0.3, 0.4) is 0 Å².